The van der Waals surface area contributed by atoms with E-state index < -0.39 is 9.84 Å². The quantitative estimate of drug-likeness (QED) is 0.549. The number of carbonyl (C=O) groups is 2. The SMILES string of the molecule is CCC(=O)N1CCc2cc(Br)c(S(=O)(=O)CCC(=O)N3CCN(c4ccccc4F)CC3)cc21. The van der Waals surface area contributed by atoms with Crippen molar-refractivity contribution in [3.63, 3.8) is 0 Å². The van der Waals surface area contributed by atoms with Gasteiger partial charge in [0.15, 0.2) is 9.84 Å². The fourth-order valence-electron chi connectivity index (χ4n) is 4.47. The molecule has 0 aromatic heterocycles. The van der Waals surface area contributed by atoms with Crippen LogP contribution in [0.25, 0.3) is 0 Å². The van der Waals surface area contributed by atoms with Gasteiger partial charge in [-0.15, -0.1) is 0 Å². The summed E-state index contributed by atoms with van der Waals surface area (Å²) in [5.74, 6) is -0.906. The molecule has 0 aliphatic carbocycles. The standard InChI is InChI=1S/C24H27BrFN3O4S/c1-2-23(30)29-9-7-17-15-18(25)22(16-21(17)29)34(32,33)14-8-24(31)28-12-10-27(11-13-28)20-6-4-3-5-19(20)26/h3-6,15-16H,2,7-14H2,1H3. The molecule has 0 saturated carbocycles. The summed E-state index contributed by atoms with van der Waals surface area (Å²) in [5.41, 5.74) is 2.06. The Bertz CT molecular complexity index is 1210. The van der Waals surface area contributed by atoms with Crippen LogP contribution >= 0.6 is 15.9 Å². The minimum atomic E-state index is -3.75. The highest BCUT2D eigenvalue weighted by atomic mass is 79.9. The first-order chi connectivity index (χ1) is 16.2. The van der Waals surface area contributed by atoms with E-state index in [-0.39, 0.29) is 34.7 Å². The summed E-state index contributed by atoms with van der Waals surface area (Å²) in [6.45, 7) is 4.09. The lowest BCUT2D eigenvalue weighted by Gasteiger charge is -2.36. The molecule has 2 aliphatic rings. The van der Waals surface area contributed by atoms with E-state index in [4.69, 9.17) is 0 Å². The van der Waals surface area contributed by atoms with E-state index in [9.17, 15) is 22.4 Å². The average molecular weight is 552 g/mol. The molecule has 0 unspecified atom stereocenters. The van der Waals surface area contributed by atoms with Gasteiger partial charge in [-0.25, -0.2) is 12.8 Å². The Kier molecular flexibility index (Phi) is 7.28. The maximum atomic E-state index is 14.0. The van der Waals surface area contributed by atoms with E-state index in [2.05, 4.69) is 15.9 Å². The molecule has 10 heteroatoms. The van der Waals surface area contributed by atoms with Crippen LogP contribution in [0.3, 0.4) is 0 Å². The molecule has 2 heterocycles. The lowest BCUT2D eigenvalue weighted by atomic mass is 10.2. The van der Waals surface area contributed by atoms with Crippen LogP contribution in [-0.4, -0.2) is 63.6 Å². The van der Waals surface area contributed by atoms with Gasteiger partial charge in [0, 0.05) is 55.7 Å². The second-order valence-corrected chi connectivity index (χ2v) is 11.4. The Morgan fingerprint density at radius 1 is 1.00 bits per heavy atom. The van der Waals surface area contributed by atoms with Gasteiger partial charge in [0.05, 0.1) is 16.3 Å². The third-order valence-corrected chi connectivity index (χ3v) is 9.05. The Morgan fingerprint density at radius 3 is 2.38 bits per heavy atom. The van der Waals surface area contributed by atoms with Crippen molar-refractivity contribution in [2.75, 3.05) is 48.3 Å². The molecule has 2 aliphatic heterocycles. The summed E-state index contributed by atoms with van der Waals surface area (Å²) < 4.78 is 40.7. The summed E-state index contributed by atoms with van der Waals surface area (Å²) in [6.07, 6.45) is 0.886. The van der Waals surface area contributed by atoms with Crippen LogP contribution in [0.15, 0.2) is 45.8 Å². The van der Waals surface area contributed by atoms with Crippen LogP contribution < -0.4 is 9.80 Å². The van der Waals surface area contributed by atoms with Crippen molar-refractivity contribution in [3.05, 3.63) is 52.3 Å². The number of carbonyl (C=O) groups excluding carboxylic acids is 2. The third kappa shape index (κ3) is 4.98. The highest BCUT2D eigenvalue weighted by Gasteiger charge is 2.29. The molecule has 0 spiro atoms. The predicted octanol–water partition coefficient (Wildman–Crippen LogP) is 3.40. The van der Waals surface area contributed by atoms with E-state index in [0.29, 0.717) is 61.4 Å². The van der Waals surface area contributed by atoms with Crippen molar-refractivity contribution in [2.24, 2.45) is 0 Å². The van der Waals surface area contributed by atoms with Crippen molar-refractivity contribution < 1.29 is 22.4 Å². The number of nitrogens with zero attached hydrogens (tertiary/aromatic N) is 3. The maximum Gasteiger partial charge on any atom is 0.226 e. The fraction of sp³-hybridized carbons (Fsp3) is 0.417. The van der Waals surface area contributed by atoms with Crippen molar-refractivity contribution in [2.45, 2.75) is 31.1 Å². The molecule has 2 aromatic rings. The van der Waals surface area contributed by atoms with Gasteiger partial charge in [-0.05, 0) is 52.2 Å². The number of fused-ring (bicyclic) bond motifs is 1. The first-order valence-electron chi connectivity index (χ1n) is 11.3. The monoisotopic (exact) mass is 551 g/mol. The number of para-hydroxylation sites is 1. The van der Waals surface area contributed by atoms with Gasteiger partial charge in [-0.1, -0.05) is 19.1 Å². The molecule has 0 atom stereocenters. The molecular formula is C24H27BrFN3O4S. The van der Waals surface area contributed by atoms with Gasteiger partial charge in [-0.2, -0.15) is 0 Å². The minimum absolute atomic E-state index is 0.0471. The van der Waals surface area contributed by atoms with E-state index in [1.807, 2.05) is 4.90 Å². The lowest BCUT2D eigenvalue weighted by molar-refractivity contribution is -0.131. The highest BCUT2D eigenvalue weighted by Crippen LogP contribution is 2.36. The van der Waals surface area contributed by atoms with Crippen molar-refractivity contribution in [1.29, 1.82) is 0 Å². The first kappa shape index (κ1) is 24.7. The summed E-state index contributed by atoms with van der Waals surface area (Å²) >= 11 is 3.36. The van der Waals surface area contributed by atoms with Crippen molar-refractivity contribution in [3.8, 4) is 0 Å². The first-order valence-corrected chi connectivity index (χ1v) is 13.8. The molecule has 1 fully saturated rings. The van der Waals surface area contributed by atoms with Crippen molar-refractivity contribution >= 4 is 49.0 Å². The zero-order valence-electron chi connectivity index (χ0n) is 19.0. The Morgan fingerprint density at radius 2 is 1.71 bits per heavy atom. The summed E-state index contributed by atoms with van der Waals surface area (Å²) in [4.78, 5) is 30.2. The number of hydrogen-bond acceptors (Lipinski definition) is 5. The molecule has 34 heavy (non-hydrogen) atoms. The second-order valence-electron chi connectivity index (χ2n) is 8.45. The number of rotatable bonds is 6. The van der Waals surface area contributed by atoms with Gasteiger partial charge < -0.3 is 14.7 Å². The molecule has 2 amide bonds. The third-order valence-electron chi connectivity index (χ3n) is 6.38. The molecule has 2 aromatic carbocycles. The Labute approximate surface area is 207 Å². The molecule has 7 nitrogen and oxygen atoms in total. The van der Waals surface area contributed by atoms with Crippen LogP contribution in [0.5, 0.6) is 0 Å². The topological polar surface area (TPSA) is 78.0 Å². The maximum absolute atomic E-state index is 14.0. The summed E-state index contributed by atoms with van der Waals surface area (Å²) in [6, 6.07) is 9.84. The van der Waals surface area contributed by atoms with Gasteiger partial charge in [0.25, 0.3) is 0 Å². The molecule has 4 rings (SSSR count). The number of benzene rings is 2. The summed E-state index contributed by atoms with van der Waals surface area (Å²) in [5, 5.41) is 0. The fourth-order valence-corrected chi connectivity index (χ4v) is 6.91. The Hall–Kier alpha value is -2.46. The largest absolute Gasteiger partial charge is 0.366 e. The van der Waals surface area contributed by atoms with Gasteiger partial charge in [-0.3, -0.25) is 9.59 Å². The average Bonchev–Trinajstić information content (AvgIpc) is 3.24. The molecular weight excluding hydrogens is 525 g/mol. The van der Waals surface area contributed by atoms with Gasteiger partial charge in [0.1, 0.15) is 5.82 Å². The molecule has 1 saturated heterocycles. The minimum Gasteiger partial charge on any atom is -0.366 e. The van der Waals surface area contributed by atoms with Crippen LogP contribution in [0.1, 0.15) is 25.3 Å². The number of halogens is 2. The smallest absolute Gasteiger partial charge is 0.226 e. The molecule has 0 radical (unpaired) electrons. The van der Waals surface area contributed by atoms with E-state index in [1.165, 1.54) is 6.07 Å². The lowest BCUT2D eigenvalue weighted by Crippen LogP contribution is -2.49. The van der Waals surface area contributed by atoms with Crippen LogP contribution in [-0.2, 0) is 25.8 Å². The van der Waals surface area contributed by atoms with Crippen LogP contribution in [0, 0.1) is 5.82 Å². The zero-order chi connectivity index (χ0) is 24.5. The van der Waals surface area contributed by atoms with E-state index in [1.54, 1.807) is 47.1 Å². The number of piperazine rings is 1. The molecule has 0 bridgehead atoms. The molecule has 182 valence electrons. The number of sulfone groups is 1. The number of amides is 2. The normalized spacial score (nSPS) is 16.0. The number of anilines is 2. The summed E-state index contributed by atoms with van der Waals surface area (Å²) in [7, 11) is -3.75. The van der Waals surface area contributed by atoms with Gasteiger partial charge in [0.2, 0.25) is 11.8 Å². The van der Waals surface area contributed by atoms with Crippen molar-refractivity contribution in [1.82, 2.24) is 4.90 Å². The molecule has 0 N–H and O–H groups in total. The number of hydrogen-bond donors (Lipinski definition) is 0. The second kappa shape index (κ2) is 10.0. The Balaban J connectivity index is 1.40. The van der Waals surface area contributed by atoms with Crippen LogP contribution in [0.2, 0.25) is 0 Å². The zero-order valence-corrected chi connectivity index (χ0v) is 21.4. The predicted molar refractivity (Wildman–Crippen MR) is 132 cm³/mol. The van der Waals surface area contributed by atoms with Crippen LogP contribution in [0.4, 0.5) is 15.8 Å². The van der Waals surface area contributed by atoms with E-state index >= 15 is 0 Å². The van der Waals surface area contributed by atoms with Gasteiger partial charge >= 0.3 is 0 Å². The highest BCUT2D eigenvalue weighted by molar-refractivity contribution is 9.10. The van der Waals surface area contributed by atoms with E-state index in [0.717, 1.165) is 5.56 Å².